The Morgan fingerprint density at radius 3 is 2.51 bits per heavy atom. The van der Waals surface area contributed by atoms with E-state index in [9.17, 15) is 19.5 Å². The molecule has 0 saturated heterocycles. The molecule has 1 amide bonds. The number of hydrogen-bond acceptors (Lipinski definition) is 6. The van der Waals surface area contributed by atoms with E-state index >= 15 is 0 Å². The number of carboxylic acid groups (broad SMARTS) is 1. The smallest absolute Gasteiger partial charge is 0.354 e. The molecule has 6 rings (SSSR count). The van der Waals surface area contributed by atoms with Gasteiger partial charge in [0.25, 0.3) is 5.91 Å². The normalized spacial score (nSPS) is 21.3. The van der Waals surface area contributed by atoms with Crippen molar-refractivity contribution in [2.24, 2.45) is 5.41 Å². The maximum atomic E-state index is 13.8. The first-order valence-electron chi connectivity index (χ1n) is 13.4. The monoisotopic (exact) mass is 528 g/mol. The number of nitrogens with zero attached hydrogens (tertiary/aromatic N) is 2. The molecule has 4 aliphatic rings. The summed E-state index contributed by atoms with van der Waals surface area (Å²) in [5.41, 5.74) is 5.23. The number of carbonyl (C=O) groups is 3. The third-order valence-corrected chi connectivity index (χ3v) is 8.98. The molecule has 8 nitrogen and oxygen atoms in total. The largest absolute Gasteiger partial charge is 0.496 e. The van der Waals surface area contributed by atoms with Crippen LogP contribution in [0.15, 0.2) is 40.9 Å². The number of methoxy groups -OCH3 is 1. The third-order valence-electron chi connectivity index (χ3n) is 8.98. The Bertz CT molecular complexity index is 1540. The number of carbonyl (C=O) groups excluding carboxylic acids is 2. The van der Waals surface area contributed by atoms with Crippen molar-refractivity contribution in [2.75, 3.05) is 20.2 Å². The van der Waals surface area contributed by atoms with Crippen LogP contribution in [0.3, 0.4) is 0 Å². The van der Waals surface area contributed by atoms with Crippen LogP contribution in [-0.4, -0.2) is 52.8 Å². The van der Waals surface area contributed by atoms with Crippen molar-refractivity contribution in [2.45, 2.75) is 59.3 Å². The first-order chi connectivity index (χ1) is 18.6. The fraction of sp³-hybridized carbons (Fsp3) is 0.419. The van der Waals surface area contributed by atoms with Crippen molar-refractivity contribution in [1.29, 1.82) is 0 Å². The number of benzene rings is 1. The lowest BCUT2D eigenvalue weighted by Gasteiger charge is -2.35. The van der Waals surface area contributed by atoms with Crippen molar-refractivity contribution < 1.29 is 29.0 Å². The zero-order valence-electron chi connectivity index (χ0n) is 22.9. The van der Waals surface area contributed by atoms with Gasteiger partial charge in [0.05, 0.1) is 30.8 Å². The number of aromatic nitrogens is 1. The van der Waals surface area contributed by atoms with Gasteiger partial charge in [-0.15, -0.1) is 0 Å². The number of rotatable bonds is 5. The van der Waals surface area contributed by atoms with Crippen molar-refractivity contribution in [3.63, 3.8) is 0 Å². The molecule has 1 spiro atoms. The molecule has 1 fully saturated rings. The number of ketones is 1. The van der Waals surface area contributed by atoms with Gasteiger partial charge < -0.3 is 19.5 Å². The van der Waals surface area contributed by atoms with E-state index < -0.39 is 11.9 Å². The molecule has 0 bridgehead atoms. The lowest BCUT2D eigenvalue weighted by molar-refractivity contribution is -0.125. The molecule has 39 heavy (non-hydrogen) atoms. The average molecular weight is 529 g/mol. The number of aromatic carboxylic acids is 1. The Morgan fingerprint density at radius 2 is 1.87 bits per heavy atom. The highest BCUT2D eigenvalue weighted by molar-refractivity contribution is 6.07. The molecule has 0 unspecified atom stereocenters. The third kappa shape index (κ3) is 3.79. The summed E-state index contributed by atoms with van der Waals surface area (Å²) in [6.07, 6.45) is 3.18. The van der Waals surface area contributed by atoms with Crippen LogP contribution in [0.4, 0.5) is 0 Å². The number of carboxylic acids is 1. The topological polar surface area (TPSA) is 106 Å². The van der Waals surface area contributed by atoms with Crippen LogP contribution >= 0.6 is 0 Å². The van der Waals surface area contributed by atoms with Gasteiger partial charge >= 0.3 is 5.97 Å². The molecule has 1 atom stereocenters. The van der Waals surface area contributed by atoms with Gasteiger partial charge in [-0.05, 0) is 80.8 Å². The van der Waals surface area contributed by atoms with E-state index in [0.717, 1.165) is 35.1 Å². The van der Waals surface area contributed by atoms with Gasteiger partial charge in [-0.25, -0.2) is 9.78 Å². The van der Waals surface area contributed by atoms with Crippen LogP contribution in [0.2, 0.25) is 0 Å². The number of aryl methyl sites for hydroxylation is 1. The minimum Gasteiger partial charge on any atom is -0.496 e. The molecular formula is C31H32N2O6. The van der Waals surface area contributed by atoms with E-state index in [-0.39, 0.29) is 22.8 Å². The SMILES string of the molecule is CCN1CC2=C(C1=O)[C@@H](c1c(OC)ccc(-c3cc(C)c(C)c(C(=O)O)n3)c1C)C1=C(CC3(CC3)CC1=O)O2. The summed E-state index contributed by atoms with van der Waals surface area (Å²) in [5.74, 6) is 0.0346. The Hall–Kier alpha value is -3.94. The van der Waals surface area contributed by atoms with Crippen LogP contribution in [0.1, 0.15) is 71.3 Å². The minimum absolute atomic E-state index is 0.00423. The molecule has 8 heteroatoms. The molecule has 2 aliphatic heterocycles. The Morgan fingerprint density at radius 1 is 1.13 bits per heavy atom. The summed E-state index contributed by atoms with van der Waals surface area (Å²) in [5, 5.41) is 9.77. The molecule has 1 aromatic carbocycles. The fourth-order valence-corrected chi connectivity index (χ4v) is 6.46. The molecule has 2 aliphatic carbocycles. The van der Waals surface area contributed by atoms with Crippen LogP contribution in [0.25, 0.3) is 11.3 Å². The predicted octanol–water partition coefficient (Wildman–Crippen LogP) is 5.01. The number of hydrogen-bond donors (Lipinski definition) is 1. The van der Waals surface area contributed by atoms with E-state index in [1.807, 2.05) is 39.0 Å². The van der Waals surface area contributed by atoms with E-state index in [1.54, 1.807) is 18.9 Å². The van der Waals surface area contributed by atoms with Gasteiger partial charge in [-0.1, -0.05) is 0 Å². The molecule has 202 valence electrons. The van der Waals surface area contributed by atoms with Crippen molar-refractivity contribution in [1.82, 2.24) is 9.88 Å². The summed E-state index contributed by atoms with van der Waals surface area (Å²) in [6.45, 7) is 8.38. The van der Waals surface area contributed by atoms with Gasteiger partial charge in [-0.3, -0.25) is 9.59 Å². The number of Topliss-reactive ketones (excluding diaryl/α,β-unsaturated/α-hetero) is 1. The van der Waals surface area contributed by atoms with E-state index in [1.165, 1.54) is 0 Å². The van der Waals surface area contributed by atoms with Gasteiger partial charge in [0.15, 0.2) is 11.5 Å². The quantitative estimate of drug-likeness (QED) is 0.582. The van der Waals surface area contributed by atoms with Crippen molar-refractivity contribution >= 4 is 17.7 Å². The Labute approximate surface area is 227 Å². The lowest BCUT2D eigenvalue weighted by atomic mass is 9.72. The average Bonchev–Trinajstić information content (AvgIpc) is 3.55. The standard InChI is InChI=1S/C31H32N2O6/c1-6-33-14-23-26(29(33)35)27(25-20(34)12-31(9-10-31)13-22(25)39-23)24-17(4)18(7-8-21(24)38-5)19-11-15(2)16(3)28(32-19)30(36)37/h7-8,11,27H,6,9-10,12-14H2,1-5H3,(H,36,37)/t27-/m0/s1. The minimum atomic E-state index is -1.09. The number of likely N-dealkylation sites (N-methyl/N-ethyl adjacent to an activating group) is 1. The van der Waals surface area contributed by atoms with Gasteiger partial charge in [0, 0.05) is 36.1 Å². The first-order valence-corrected chi connectivity index (χ1v) is 13.4. The molecule has 1 aromatic heterocycles. The fourth-order valence-electron chi connectivity index (χ4n) is 6.46. The predicted molar refractivity (Wildman–Crippen MR) is 143 cm³/mol. The summed E-state index contributed by atoms with van der Waals surface area (Å²) in [7, 11) is 1.58. The lowest BCUT2D eigenvalue weighted by Crippen LogP contribution is -2.32. The molecular weight excluding hydrogens is 496 g/mol. The molecule has 0 radical (unpaired) electrons. The second kappa shape index (κ2) is 8.79. The first kappa shape index (κ1) is 25.3. The summed E-state index contributed by atoms with van der Waals surface area (Å²) in [4.78, 5) is 45.6. The van der Waals surface area contributed by atoms with E-state index in [0.29, 0.717) is 65.6 Å². The van der Waals surface area contributed by atoms with Gasteiger partial charge in [0.2, 0.25) is 0 Å². The number of amides is 1. The Kier molecular flexibility index (Phi) is 5.72. The second-order valence-corrected chi connectivity index (χ2v) is 11.3. The maximum absolute atomic E-state index is 13.8. The number of pyridine rings is 1. The van der Waals surface area contributed by atoms with E-state index in [2.05, 4.69) is 4.98 Å². The summed E-state index contributed by atoms with van der Waals surface area (Å²) < 4.78 is 12.2. The summed E-state index contributed by atoms with van der Waals surface area (Å²) in [6, 6.07) is 5.56. The number of allylic oxidation sites excluding steroid dienone is 2. The molecule has 1 saturated carbocycles. The van der Waals surface area contributed by atoms with Crippen molar-refractivity contribution in [3.05, 3.63) is 68.8 Å². The van der Waals surface area contributed by atoms with Crippen LogP contribution in [0, 0.1) is 26.2 Å². The highest BCUT2D eigenvalue weighted by Crippen LogP contribution is 2.61. The maximum Gasteiger partial charge on any atom is 0.354 e. The zero-order valence-corrected chi connectivity index (χ0v) is 22.9. The van der Waals surface area contributed by atoms with E-state index in [4.69, 9.17) is 9.47 Å². The second-order valence-electron chi connectivity index (χ2n) is 11.3. The zero-order chi connectivity index (χ0) is 27.8. The number of ether oxygens (including phenoxy) is 2. The molecule has 1 N–H and O–H groups in total. The Balaban J connectivity index is 1.59. The van der Waals surface area contributed by atoms with Crippen molar-refractivity contribution in [3.8, 4) is 17.0 Å². The highest BCUT2D eigenvalue weighted by Gasteiger charge is 2.54. The molecule has 2 aromatic rings. The van der Waals surface area contributed by atoms with Gasteiger partial charge in [0.1, 0.15) is 17.3 Å². The summed E-state index contributed by atoms with van der Waals surface area (Å²) >= 11 is 0. The highest BCUT2D eigenvalue weighted by atomic mass is 16.5. The van der Waals surface area contributed by atoms with Crippen LogP contribution < -0.4 is 4.74 Å². The van der Waals surface area contributed by atoms with Gasteiger partial charge in [-0.2, -0.15) is 0 Å². The van der Waals surface area contributed by atoms with Crippen LogP contribution in [0.5, 0.6) is 5.75 Å². The van der Waals surface area contributed by atoms with Crippen LogP contribution in [-0.2, 0) is 14.3 Å². The molecule has 3 heterocycles.